The average Bonchev–Trinajstić information content (AvgIpc) is 2.48. The van der Waals surface area contributed by atoms with E-state index in [9.17, 15) is 0 Å². The number of rotatable bonds is 2. The van der Waals surface area contributed by atoms with Gasteiger partial charge in [0, 0.05) is 21.0 Å². The lowest BCUT2D eigenvalue weighted by Crippen LogP contribution is -1.97. The number of benzene rings is 2. The van der Waals surface area contributed by atoms with Crippen LogP contribution in [0.3, 0.4) is 0 Å². The molecule has 2 aromatic carbocycles. The van der Waals surface area contributed by atoms with Crippen LogP contribution in [-0.4, -0.2) is 0 Å². The van der Waals surface area contributed by atoms with Crippen LogP contribution in [0.2, 0.25) is 5.02 Å². The summed E-state index contributed by atoms with van der Waals surface area (Å²) in [6.45, 7) is 0. The van der Waals surface area contributed by atoms with Crippen LogP contribution in [0.1, 0.15) is 17.9 Å². The Morgan fingerprint density at radius 1 is 1.05 bits per heavy atom. The van der Waals surface area contributed by atoms with Crippen molar-refractivity contribution in [1.29, 1.82) is 0 Å². The Morgan fingerprint density at radius 2 is 1.85 bits per heavy atom. The van der Waals surface area contributed by atoms with Crippen molar-refractivity contribution in [3.05, 3.63) is 81.8 Å². The molecule has 2 heteroatoms. The van der Waals surface area contributed by atoms with E-state index >= 15 is 0 Å². The molecule has 20 heavy (non-hydrogen) atoms. The molecule has 0 heterocycles. The molecule has 0 saturated carbocycles. The second-order valence-corrected chi connectivity index (χ2v) is 6.14. The first-order chi connectivity index (χ1) is 9.75. The predicted molar refractivity (Wildman–Crippen MR) is 90.2 cm³/mol. The molecule has 1 atom stereocenters. The number of allylic oxidation sites excluding steroid dienone is 4. The molecule has 0 nitrogen and oxygen atoms in total. The minimum absolute atomic E-state index is 0.415. The van der Waals surface area contributed by atoms with E-state index < -0.39 is 0 Å². The molecular weight excluding hydrogens is 332 g/mol. The quantitative estimate of drug-likeness (QED) is 0.593. The fraction of sp³-hybridized carbons (Fsp3) is 0.111. The van der Waals surface area contributed by atoms with Crippen molar-refractivity contribution in [3.63, 3.8) is 0 Å². The lowest BCUT2D eigenvalue weighted by atomic mass is 9.91. The van der Waals surface area contributed by atoms with Crippen LogP contribution in [0.25, 0.3) is 11.1 Å². The van der Waals surface area contributed by atoms with Gasteiger partial charge in [0.25, 0.3) is 0 Å². The van der Waals surface area contributed by atoms with Gasteiger partial charge in [-0.2, -0.15) is 0 Å². The van der Waals surface area contributed by atoms with Gasteiger partial charge in [-0.05, 0) is 29.7 Å². The molecule has 0 fully saturated rings. The Kier molecular flexibility index (Phi) is 4.09. The zero-order valence-electron chi connectivity index (χ0n) is 10.9. The standard InChI is InChI=1S/C18H14BrCl/c19-16-11-15(13-7-3-1-4-8-13)12-17(20)18(16)14-9-5-2-6-10-14/h1-7,9-13H,8H2. The number of halogens is 2. The third-order valence-corrected chi connectivity index (χ3v) is 4.46. The van der Waals surface area contributed by atoms with Gasteiger partial charge in [0.05, 0.1) is 0 Å². The Bertz CT molecular complexity index is 648. The number of hydrogen-bond donors (Lipinski definition) is 0. The first-order valence-corrected chi connectivity index (χ1v) is 7.80. The Hall–Kier alpha value is -1.31. The Balaban J connectivity index is 2.03. The van der Waals surface area contributed by atoms with E-state index in [0.29, 0.717) is 5.92 Å². The lowest BCUT2D eigenvalue weighted by Gasteiger charge is -2.16. The minimum atomic E-state index is 0.415. The fourth-order valence-corrected chi connectivity index (χ4v) is 3.67. The van der Waals surface area contributed by atoms with Crippen LogP contribution in [0.5, 0.6) is 0 Å². The van der Waals surface area contributed by atoms with Gasteiger partial charge in [-0.1, -0.05) is 82.2 Å². The summed E-state index contributed by atoms with van der Waals surface area (Å²) in [4.78, 5) is 0. The molecule has 0 bridgehead atoms. The van der Waals surface area contributed by atoms with E-state index in [1.807, 2.05) is 18.2 Å². The van der Waals surface area contributed by atoms with E-state index in [4.69, 9.17) is 11.6 Å². The minimum Gasteiger partial charge on any atom is -0.0836 e. The molecule has 0 aliphatic heterocycles. The van der Waals surface area contributed by atoms with Gasteiger partial charge in [0.15, 0.2) is 0 Å². The van der Waals surface area contributed by atoms with E-state index in [1.54, 1.807) is 0 Å². The molecule has 1 aliphatic rings. The molecule has 100 valence electrons. The topological polar surface area (TPSA) is 0 Å². The SMILES string of the molecule is Clc1cc(C2C=CC=CC2)cc(Br)c1-c1ccccc1. The number of hydrogen-bond acceptors (Lipinski definition) is 0. The summed E-state index contributed by atoms with van der Waals surface area (Å²) in [5, 5.41) is 0.795. The highest BCUT2D eigenvalue weighted by Crippen LogP contribution is 2.38. The van der Waals surface area contributed by atoms with E-state index in [1.165, 1.54) is 5.56 Å². The molecule has 2 aromatic rings. The molecule has 0 amide bonds. The maximum absolute atomic E-state index is 6.52. The summed E-state index contributed by atoms with van der Waals surface area (Å²) in [5.74, 6) is 0.415. The Labute approximate surface area is 132 Å². The second kappa shape index (κ2) is 5.99. The lowest BCUT2D eigenvalue weighted by molar-refractivity contribution is 0.853. The van der Waals surface area contributed by atoms with Gasteiger partial charge in [-0.15, -0.1) is 0 Å². The fourth-order valence-electron chi connectivity index (χ4n) is 2.52. The zero-order chi connectivity index (χ0) is 13.9. The maximum atomic E-state index is 6.52. The van der Waals surface area contributed by atoms with E-state index in [-0.39, 0.29) is 0 Å². The van der Waals surface area contributed by atoms with Crippen LogP contribution >= 0.6 is 27.5 Å². The van der Waals surface area contributed by atoms with Crippen LogP contribution in [-0.2, 0) is 0 Å². The molecule has 3 rings (SSSR count). The van der Waals surface area contributed by atoms with Gasteiger partial charge in [0.1, 0.15) is 0 Å². The van der Waals surface area contributed by atoms with Gasteiger partial charge in [-0.3, -0.25) is 0 Å². The van der Waals surface area contributed by atoms with E-state index in [2.05, 4.69) is 64.5 Å². The van der Waals surface area contributed by atoms with Crippen LogP contribution in [0, 0.1) is 0 Å². The van der Waals surface area contributed by atoms with Crippen molar-refractivity contribution in [2.75, 3.05) is 0 Å². The third-order valence-electron chi connectivity index (χ3n) is 3.54. The highest BCUT2D eigenvalue weighted by Gasteiger charge is 2.14. The van der Waals surface area contributed by atoms with Gasteiger partial charge < -0.3 is 0 Å². The second-order valence-electron chi connectivity index (χ2n) is 4.88. The van der Waals surface area contributed by atoms with Crippen molar-refractivity contribution < 1.29 is 0 Å². The Morgan fingerprint density at radius 3 is 2.50 bits per heavy atom. The summed E-state index contributed by atoms with van der Waals surface area (Å²) >= 11 is 10.2. The molecule has 0 saturated heterocycles. The molecule has 0 aromatic heterocycles. The molecule has 1 aliphatic carbocycles. The largest absolute Gasteiger partial charge is 0.0836 e. The van der Waals surface area contributed by atoms with Gasteiger partial charge in [0.2, 0.25) is 0 Å². The zero-order valence-corrected chi connectivity index (χ0v) is 13.2. The molecular formula is C18H14BrCl. The van der Waals surface area contributed by atoms with E-state index in [0.717, 1.165) is 27.0 Å². The normalized spacial score (nSPS) is 17.4. The van der Waals surface area contributed by atoms with Crippen molar-refractivity contribution in [3.8, 4) is 11.1 Å². The molecule has 1 unspecified atom stereocenters. The van der Waals surface area contributed by atoms with Crippen molar-refractivity contribution >= 4 is 27.5 Å². The highest BCUT2D eigenvalue weighted by atomic mass is 79.9. The first-order valence-electron chi connectivity index (χ1n) is 6.63. The maximum Gasteiger partial charge on any atom is 0.0498 e. The van der Waals surface area contributed by atoms with Crippen molar-refractivity contribution in [1.82, 2.24) is 0 Å². The van der Waals surface area contributed by atoms with Gasteiger partial charge >= 0.3 is 0 Å². The predicted octanol–water partition coefficient (Wildman–Crippen LogP) is 6.37. The van der Waals surface area contributed by atoms with Crippen molar-refractivity contribution in [2.24, 2.45) is 0 Å². The van der Waals surface area contributed by atoms with Crippen LogP contribution < -0.4 is 0 Å². The molecule has 0 N–H and O–H groups in total. The smallest absolute Gasteiger partial charge is 0.0498 e. The van der Waals surface area contributed by atoms with Gasteiger partial charge in [-0.25, -0.2) is 0 Å². The summed E-state index contributed by atoms with van der Waals surface area (Å²) in [7, 11) is 0. The molecule has 0 radical (unpaired) electrons. The first kappa shape index (κ1) is 13.7. The summed E-state index contributed by atoms with van der Waals surface area (Å²) in [5.41, 5.74) is 3.45. The average molecular weight is 346 g/mol. The highest BCUT2D eigenvalue weighted by molar-refractivity contribution is 9.10. The van der Waals surface area contributed by atoms with Crippen LogP contribution in [0.15, 0.2) is 71.2 Å². The summed E-state index contributed by atoms with van der Waals surface area (Å²) < 4.78 is 1.05. The van der Waals surface area contributed by atoms with Crippen molar-refractivity contribution in [2.45, 2.75) is 12.3 Å². The summed E-state index contributed by atoms with van der Waals surface area (Å²) in [6.07, 6.45) is 9.63. The monoisotopic (exact) mass is 344 g/mol. The third kappa shape index (κ3) is 2.74. The summed E-state index contributed by atoms with van der Waals surface area (Å²) in [6, 6.07) is 14.5. The van der Waals surface area contributed by atoms with Crippen LogP contribution in [0.4, 0.5) is 0 Å². The molecule has 0 spiro atoms.